The Labute approximate surface area is 72.4 Å². The van der Waals surface area contributed by atoms with Gasteiger partial charge >= 0.3 is 0 Å². The molecule has 0 heterocycles. The number of ether oxygens (including phenoxy) is 1. The minimum atomic E-state index is -0.433. The van der Waals surface area contributed by atoms with E-state index in [0.29, 0.717) is 13.2 Å². The summed E-state index contributed by atoms with van der Waals surface area (Å²) >= 11 is 0. The monoisotopic (exact) mass is 175 g/mol. The summed E-state index contributed by atoms with van der Waals surface area (Å²) in [4.78, 5) is 10.2. The molecule has 12 heavy (non-hydrogen) atoms. The smallest absolute Gasteiger partial charge is 0.243 e. The number of nitrogens with two attached hydrogens (primary N) is 2. The second-order valence-corrected chi connectivity index (χ2v) is 2.41. The van der Waals surface area contributed by atoms with E-state index in [0.717, 1.165) is 19.5 Å². The largest absolute Gasteiger partial charge is 0.370 e. The van der Waals surface area contributed by atoms with Gasteiger partial charge in [-0.15, -0.1) is 0 Å². The summed E-state index contributed by atoms with van der Waals surface area (Å²) < 4.78 is 4.91. The van der Waals surface area contributed by atoms with Crippen LogP contribution in [0.3, 0.4) is 0 Å². The van der Waals surface area contributed by atoms with E-state index in [2.05, 4.69) is 5.32 Å². The normalized spacial score (nSPS) is 10.1. The molecule has 5 N–H and O–H groups in total. The fourth-order valence-electron chi connectivity index (χ4n) is 0.669. The van der Waals surface area contributed by atoms with Crippen LogP contribution >= 0.6 is 0 Å². The van der Waals surface area contributed by atoms with Crippen LogP contribution in [0.4, 0.5) is 0 Å². The highest BCUT2D eigenvalue weighted by Gasteiger charge is 1.92. The summed E-state index contributed by atoms with van der Waals surface area (Å²) in [6.07, 6.45) is 0.954. The Morgan fingerprint density at radius 3 is 2.75 bits per heavy atom. The molecule has 1 amide bonds. The van der Waals surface area contributed by atoms with Crippen LogP contribution < -0.4 is 16.8 Å². The van der Waals surface area contributed by atoms with Crippen LogP contribution in [0.15, 0.2) is 0 Å². The molecule has 0 aromatic carbocycles. The van der Waals surface area contributed by atoms with Crippen molar-refractivity contribution in [2.75, 3.05) is 32.8 Å². The van der Waals surface area contributed by atoms with Crippen LogP contribution in [-0.4, -0.2) is 38.8 Å². The molecule has 0 aromatic heterocycles. The molecule has 0 aliphatic heterocycles. The predicted molar refractivity (Wildman–Crippen MR) is 46.6 cm³/mol. The van der Waals surface area contributed by atoms with E-state index in [1.807, 2.05) is 0 Å². The van der Waals surface area contributed by atoms with E-state index in [-0.39, 0.29) is 6.61 Å². The molecule has 72 valence electrons. The maximum Gasteiger partial charge on any atom is 0.243 e. The van der Waals surface area contributed by atoms with Crippen LogP contribution in [0, 0.1) is 0 Å². The lowest BCUT2D eigenvalue weighted by atomic mass is 10.4. The van der Waals surface area contributed by atoms with Gasteiger partial charge < -0.3 is 21.5 Å². The molecule has 0 aliphatic rings. The van der Waals surface area contributed by atoms with E-state index < -0.39 is 5.91 Å². The molecule has 0 atom stereocenters. The quantitative estimate of drug-likeness (QED) is 0.389. The zero-order chi connectivity index (χ0) is 9.23. The van der Waals surface area contributed by atoms with Crippen molar-refractivity contribution >= 4 is 5.91 Å². The first-order valence-corrected chi connectivity index (χ1v) is 4.04. The van der Waals surface area contributed by atoms with Crippen molar-refractivity contribution in [3.8, 4) is 0 Å². The highest BCUT2D eigenvalue weighted by Crippen LogP contribution is 1.73. The molecular formula is C7H17N3O2. The SMILES string of the molecule is NCCCNCCOCC(N)=O. The summed E-state index contributed by atoms with van der Waals surface area (Å²) in [6.45, 7) is 2.81. The van der Waals surface area contributed by atoms with Gasteiger partial charge in [-0.3, -0.25) is 4.79 Å². The first kappa shape index (κ1) is 11.4. The molecule has 0 unspecified atom stereocenters. The fourth-order valence-corrected chi connectivity index (χ4v) is 0.669. The molecule has 0 aromatic rings. The zero-order valence-electron chi connectivity index (χ0n) is 7.21. The Bertz CT molecular complexity index is 119. The van der Waals surface area contributed by atoms with Crippen molar-refractivity contribution in [3.63, 3.8) is 0 Å². The number of nitrogens with one attached hydrogen (secondary N) is 1. The number of carbonyl (C=O) groups excluding carboxylic acids is 1. The van der Waals surface area contributed by atoms with E-state index in [1.165, 1.54) is 0 Å². The van der Waals surface area contributed by atoms with Crippen molar-refractivity contribution < 1.29 is 9.53 Å². The van der Waals surface area contributed by atoms with E-state index in [4.69, 9.17) is 16.2 Å². The molecule has 0 saturated carbocycles. The number of carbonyl (C=O) groups is 1. The van der Waals surface area contributed by atoms with E-state index in [9.17, 15) is 4.79 Å². The van der Waals surface area contributed by atoms with Crippen molar-refractivity contribution in [3.05, 3.63) is 0 Å². The minimum Gasteiger partial charge on any atom is -0.370 e. The fraction of sp³-hybridized carbons (Fsp3) is 0.857. The molecule has 0 rings (SSSR count). The van der Waals surface area contributed by atoms with Crippen molar-refractivity contribution in [1.29, 1.82) is 0 Å². The van der Waals surface area contributed by atoms with Crippen molar-refractivity contribution in [1.82, 2.24) is 5.32 Å². The second-order valence-electron chi connectivity index (χ2n) is 2.41. The van der Waals surface area contributed by atoms with Gasteiger partial charge in [-0.05, 0) is 19.5 Å². The Balaban J connectivity index is 2.86. The van der Waals surface area contributed by atoms with Crippen LogP contribution in [-0.2, 0) is 9.53 Å². The summed E-state index contributed by atoms with van der Waals surface area (Å²) in [6, 6.07) is 0. The number of rotatable bonds is 8. The Hall–Kier alpha value is -0.650. The number of primary amides is 1. The summed E-state index contributed by atoms with van der Waals surface area (Å²) in [5.74, 6) is -0.433. The van der Waals surface area contributed by atoms with Gasteiger partial charge in [0.25, 0.3) is 0 Å². The van der Waals surface area contributed by atoms with Crippen LogP contribution in [0.25, 0.3) is 0 Å². The van der Waals surface area contributed by atoms with Crippen molar-refractivity contribution in [2.24, 2.45) is 11.5 Å². The number of hydrogen-bond acceptors (Lipinski definition) is 4. The molecule has 0 spiro atoms. The number of amides is 1. The standard InChI is InChI=1S/C7H17N3O2/c8-2-1-3-10-4-5-12-6-7(9)11/h10H,1-6,8H2,(H2,9,11). The second kappa shape index (κ2) is 8.45. The summed E-state index contributed by atoms with van der Waals surface area (Å²) in [5, 5.41) is 3.10. The molecule has 0 saturated heterocycles. The van der Waals surface area contributed by atoms with Crippen molar-refractivity contribution in [2.45, 2.75) is 6.42 Å². The lowest BCUT2D eigenvalue weighted by Gasteiger charge is -2.03. The average Bonchev–Trinajstić information content (AvgIpc) is 2.02. The predicted octanol–water partition coefficient (Wildman–Crippen LogP) is -1.57. The lowest BCUT2D eigenvalue weighted by molar-refractivity contribution is -0.122. The van der Waals surface area contributed by atoms with E-state index in [1.54, 1.807) is 0 Å². The maximum atomic E-state index is 10.2. The van der Waals surface area contributed by atoms with E-state index >= 15 is 0 Å². The van der Waals surface area contributed by atoms with Gasteiger partial charge in [-0.1, -0.05) is 0 Å². The minimum absolute atomic E-state index is 0.00142. The molecule has 5 heteroatoms. The van der Waals surface area contributed by atoms with Crippen LogP contribution in [0.5, 0.6) is 0 Å². The number of hydrogen-bond donors (Lipinski definition) is 3. The first-order chi connectivity index (χ1) is 5.77. The molecule has 5 nitrogen and oxygen atoms in total. The van der Waals surface area contributed by atoms with Gasteiger partial charge in [-0.25, -0.2) is 0 Å². The van der Waals surface area contributed by atoms with Gasteiger partial charge in [-0.2, -0.15) is 0 Å². The topological polar surface area (TPSA) is 90.4 Å². The maximum absolute atomic E-state index is 10.2. The molecular weight excluding hydrogens is 158 g/mol. The Kier molecular flexibility index (Phi) is 7.99. The third-order valence-electron chi connectivity index (χ3n) is 1.23. The van der Waals surface area contributed by atoms with Gasteiger partial charge in [0.1, 0.15) is 6.61 Å². The molecule has 0 aliphatic carbocycles. The van der Waals surface area contributed by atoms with Gasteiger partial charge in [0.05, 0.1) is 6.61 Å². The average molecular weight is 175 g/mol. The Morgan fingerprint density at radius 1 is 1.42 bits per heavy atom. The highest BCUT2D eigenvalue weighted by atomic mass is 16.5. The molecule has 0 radical (unpaired) electrons. The molecule has 0 fully saturated rings. The van der Waals surface area contributed by atoms with Crippen LogP contribution in [0.1, 0.15) is 6.42 Å². The zero-order valence-corrected chi connectivity index (χ0v) is 7.21. The van der Waals surface area contributed by atoms with Gasteiger partial charge in [0.15, 0.2) is 0 Å². The first-order valence-electron chi connectivity index (χ1n) is 4.04. The van der Waals surface area contributed by atoms with Crippen LogP contribution in [0.2, 0.25) is 0 Å². The van der Waals surface area contributed by atoms with Gasteiger partial charge in [0, 0.05) is 6.54 Å². The van der Waals surface area contributed by atoms with Gasteiger partial charge in [0.2, 0.25) is 5.91 Å². The molecule has 0 bridgehead atoms. The third kappa shape index (κ3) is 9.35. The third-order valence-corrected chi connectivity index (χ3v) is 1.23. The summed E-state index contributed by atoms with van der Waals surface area (Å²) in [5.41, 5.74) is 10.1. The highest BCUT2D eigenvalue weighted by molar-refractivity contribution is 5.74. The Morgan fingerprint density at radius 2 is 2.17 bits per heavy atom. The lowest BCUT2D eigenvalue weighted by Crippen LogP contribution is -2.25. The summed E-state index contributed by atoms with van der Waals surface area (Å²) in [7, 11) is 0.